The van der Waals surface area contributed by atoms with E-state index >= 15 is 0 Å². The standard InChI is InChI=1S/C15H17N3O3/c1-5-9(2)18-13(14(16)17-15(18)19)10-6-11(20-3)8-12(7-10)21-4/h1,6-9,13H,2-4H3,(H2,16,17,19). The fourth-order valence-corrected chi connectivity index (χ4v) is 2.27. The van der Waals surface area contributed by atoms with Gasteiger partial charge in [0.25, 0.3) is 0 Å². The number of ether oxygens (including phenoxy) is 2. The molecule has 2 atom stereocenters. The SMILES string of the molecule is C#CC(C)N1C(=O)N=C(N)C1c1cc(OC)cc(OC)c1. The molecule has 110 valence electrons. The molecule has 1 aliphatic rings. The number of nitrogens with zero attached hydrogens (tertiary/aromatic N) is 2. The lowest BCUT2D eigenvalue weighted by Crippen LogP contribution is -2.39. The van der Waals surface area contributed by atoms with E-state index in [-0.39, 0.29) is 5.84 Å². The molecule has 1 aromatic rings. The molecule has 2 unspecified atom stereocenters. The number of urea groups is 1. The first-order valence-corrected chi connectivity index (χ1v) is 6.37. The van der Waals surface area contributed by atoms with Crippen LogP contribution in [0.25, 0.3) is 0 Å². The molecule has 0 bridgehead atoms. The smallest absolute Gasteiger partial charge is 0.347 e. The quantitative estimate of drug-likeness (QED) is 0.852. The monoisotopic (exact) mass is 287 g/mol. The molecule has 6 nitrogen and oxygen atoms in total. The number of terminal acetylenes is 1. The lowest BCUT2D eigenvalue weighted by atomic mass is 10.0. The van der Waals surface area contributed by atoms with Crippen LogP contribution in [0.3, 0.4) is 0 Å². The van der Waals surface area contributed by atoms with Gasteiger partial charge in [0.1, 0.15) is 23.4 Å². The Hall–Kier alpha value is -2.68. The minimum atomic E-state index is -0.521. The summed E-state index contributed by atoms with van der Waals surface area (Å²) in [6, 6.07) is 3.92. The van der Waals surface area contributed by atoms with E-state index in [9.17, 15) is 4.79 Å². The maximum absolute atomic E-state index is 12.0. The van der Waals surface area contributed by atoms with Crippen molar-refractivity contribution < 1.29 is 14.3 Å². The second-order valence-corrected chi connectivity index (χ2v) is 4.62. The molecule has 0 fully saturated rings. The number of nitrogens with two attached hydrogens (primary N) is 1. The minimum absolute atomic E-state index is 0.206. The van der Waals surface area contributed by atoms with Gasteiger partial charge in [0, 0.05) is 6.07 Å². The van der Waals surface area contributed by atoms with E-state index in [4.69, 9.17) is 21.6 Å². The van der Waals surface area contributed by atoms with Crippen molar-refractivity contribution in [2.24, 2.45) is 10.7 Å². The Kier molecular flexibility index (Phi) is 4.03. The molecule has 21 heavy (non-hydrogen) atoms. The number of hydrogen-bond donors (Lipinski definition) is 1. The van der Waals surface area contributed by atoms with E-state index in [1.807, 2.05) is 0 Å². The molecule has 0 saturated heterocycles. The number of benzene rings is 1. The number of amidine groups is 1. The summed E-state index contributed by atoms with van der Waals surface area (Å²) >= 11 is 0. The molecule has 1 heterocycles. The van der Waals surface area contributed by atoms with Crippen molar-refractivity contribution in [1.29, 1.82) is 0 Å². The van der Waals surface area contributed by atoms with Crippen LogP contribution in [0.5, 0.6) is 11.5 Å². The number of carbonyl (C=O) groups excluding carboxylic acids is 1. The predicted octanol–water partition coefficient (Wildman–Crippen LogP) is 1.56. The molecule has 6 heteroatoms. The highest BCUT2D eigenvalue weighted by Gasteiger charge is 2.37. The van der Waals surface area contributed by atoms with Crippen LogP contribution in [0.1, 0.15) is 18.5 Å². The van der Waals surface area contributed by atoms with E-state index in [1.165, 1.54) is 4.90 Å². The van der Waals surface area contributed by atoms with Crippen LogP contribution in [-0.2, 0) is 0 Å². The number of rotatable bonds is 4. The molecule has 2 rings (SSSR count). The molecule has 0 radical (unpaired) electrons. The zero-order chi connectivity index (χ0) is 15.6. The highest BCUT2D eigenvalue weighted by atomic mass is 16.5. The third kappa shape index (κ3) is 2.63. The molecular formula is C15H17N3O3. The zero-order valence-electron chi connectivity index (χ0n) is 12.2. The van der Waals surface area contributed by atoms with Crippen LogP contribution in [0.4, 0.5) is 4.79 Å². The van der Waals surface area contributed by atoms with Gasteiger partial charge >= 0.3 is 6.03 Å². The van der Waals surface area contributed by atoms with Gasteiger partial charge in [-0.2, -0.15) is 4.99 Å². The van der Waals surface area contributed by atoms with E-state index in [1.54, 1.807) is 39.3 Å². The summed E-state index contributed by atoms with van der Waals surface area (Å²) in [5.41, 5.74) is 6.64. The molecular weight excluding hydrogens is 270 g/mol. The second-order valence-electron chi connectivity index (χ2n) is 4.62. The number of amides is 2. The minimum Gasteiger partial charge on any atom is -0.497 e. The maximum atomic E-state index is 12.0. The number of hydrogen-bond acceptors (Lipinski definition) is 4. The first kappa shape index (κ1) is 14.7. The van der Waals surface area contributed by atoms with Crippen LogP contribution < -0.4 is 15.2 Å². The molecule has 0 spiro atoms. The van der Waals surface area contributed by atoms with Crippen molar-refractivity contribution in [3.63, 3.8) is 0 Å². The summed E-state index contributed by atoms with van der Waals surface area (Å²) in [6.07, 6.45) is 5.43. The summed E-state index contributed by atoms with van der Waals surface area (Å²) < 4.78 is 10.5. The molecule has 2 N–H and O–H groups in total. The first-order chi connectivity index (χ1) is 10.0. The van der Waals surface area contributed by atoms with Gasteiger partial charge in [-0.25, -0.2) is 4.79 Å². The maximum Gasteiger partial charge on any atom is 0.347 e. The summed E-state index contributed by atoms with van der Waals surface area (Å²) in [4.78, 5) is 17.3. The lowest BCUT2D eigenvalue weighted by Gasteiger charge is -2.27. The number of aliphatic imine (C=N–C) groups is 1. The van der Waals surface area contributed by atoms with Gasteiger partial charge in [-0.05, 0) is 24.6 Å². The third-order valence-corrected chi connectivity index (χ3v) is 3.35. The van der Waals surface area contributed by atoms with E-state index < -0.39 is 18.1 Å². The predicted molar refractivity (Wildman–Crippen MR) is 79.4 cm³/mol. The Labute approximate surface area is 123 Å². The Morgan fingerprint density at radius 2 is 1.90 bits per heavy atom. The Morgan fingerprint density at radius 3 is 2.38 bits per heavy atom. The van der Waals surface area contributed by atoms with Crippen molar-refractivity contribution in [3.05, 3.63) is 23.8 Å². The first-order valence-electron chi connectivity index (χ1n) is 6.37. The van der Waals surface area contributed by atoms with Gasteiger partial charge in [-0.15, -0.1) is 6.42 Å². The van der Waals surface area contributed by atoms with Gasteiger partial charge in [-0.1, -0.05) is 5.92 Å². The largest absolute Gasteiger partial charge is 0.497 e. The van der Waals surface area contributed by atoms with Crippen LogP contribution in [0.2, 0.25) is 0 Å². The van der Waals surface area contributed by atoms with Crippen molar-refractivity contribution in [3.8, 4) is 23.8 Å². The highest BCUT2D eigenvalue weighted by Crippen LogP contribution is 2.33. The average molecular weight is 287 g/mol. The van der Waals surface area contributed by atoms with Crippen LogP contribution >= 0.6 is 0 Å². The fraction of sp³-hybridized carbons (Fsp3) is 0.333. The molecule has 0 aliphatic carbocycles. The normalized spacial score (nSPS) is 19.0. The van der Waals surface area contributed by atoms with Gasteiger partial charge in [-0.3, -0.25) is 4.90 Å². The van der Waals surface area contributed by atoms with Crippen LogP contribution in [0, 0.1) is 12.3 Å². The molecule has 2 amide bonds. The lowest BCUT2D eigenvalue weighted by molar-refractivity contribution is 0.198. The average Bonchev–Trinajstić information content (AvgIpc) is 2.80. The second kappa shape index (κ2) is 5.75. The molecule has 0 saturated carbocycles. The zero-order valence-corrected chi connectivity index (χ0v) is 12.2. The van der Waals surface area contributed by atoms with E-state index in [0.717, 1.165) is 5.56 Å². The Bertz CT molecular complexity index is 611. The number of methoxy groups -OCH3 is 2. The highest BCUT2D eigenvalue weighted by molar-refractivity contribution is 6.03. The van der Waals surface area contributed by atoms with E-state index in [0.29, 0.717) is 11.5 Å². The summed E-state index contributed by atoms with van der Waals surface area (Å²) in [7, 11) is 3.11. The Morgan fingerprint density at radius 1 is 1.33 bits per heavy atom. The van der Waals surface area contributed by atoms with Gasteiger partial charge < -0.3 is 15.2 Å². The van der Waals surface area contributed by atoms with Crippen LogP contribution in [0.15, 0.2) is 23.2 Å². The topological polar surface area (TPSA) is 77.2 Å². The number of carbonyl (C=O) groups is 1. The summed E-state index contributed by atoms with van der Waals surface area (Å²) in [6.45, 7) is 1.75. The van der Waals surface area contributed by atoms with Gasteiger partial charge in [0.15, 0.2) is 0 Å². The summed E-state index contributed by atoms with van der Waals surface area (Å²) in [5, 5.41) is 0. The van der Waals surface area contributed by atoms with Crippen molar-refractivity contribution in [2.75, 3.05) is 14.2 Å². The van der Waals surface area contributed by atoms with Gasteiger partial charge in [0.05, 0.1) is 20.3 Å². The molecule has 1 aliphatic heterocycles. The molecule has 1 aromatic carbocycles. The Balaban J connectivity index is 2.50. The van der Waals surface area contributed by atoms with Crippen molar-refractivity contribution in [2.45, 2.75) is 19.0 Å². The van der Waals surface area contributed by atoms with E-state index in [2.05, 4.69) is 10.9 Å². The third-order valence-electron chi connectivity index (χ3n) is 3.35. The summed E-state index contributed by atoms with van der Waals surface area (Å²) in [5.74, 6) is 3.94. The van der Waals surface area contributed by atoms with Crippen molar-refractivity contribution in [1.82, 2.24) is 4.90 Å². The molecule has 0 aromatic heterocycles. The van der Waals surface area contributed by atoms with Crippen molar-refractivity contribution >= 4 is 11.9 Å². The van der Waals surface area contributed by atoms with Gasteiger partial charge in [0.2, 0.25) is 0 Å². The van der Waals surface area contributed by atoms with Crippen LogP contribution in [-0.4, -0.2) is 37.0 Å². The fourth-order valence-electron chi connectivity index (χ4n) is 2.27.